The van der Waals surface area contributed by atoms with Crippen LogP contribution in [0.15, 0.2) is 47.4 Å². The van der Waals surface area contributed by atoms with Crippen LogP contribution < -0.4 is 5.14 Å². The third-order valence-corrected chi connectivity index (χ3v) is 5.17. The first-order valence-electron chi connectivity index (χ1n) is 7.97. The quantitative estimate of drug-likeness (QED) is 0.614. The van der Waals surface area contributed by atoms with E-state index in [0.29, 0.717) is 5.56 Å². The van der Waals surface area contributed by atoms with Crippen molar-refractivity contribution in [2.75, 3.05) is 0 Å². The van der Waals surface area contributed by atoms with E-state index in [-0.39, 0.29) is 22.6 Å². The summed E-state index contributed by atoms with van der Waals surface area (Å²) < 4.78 is 42.8. The van der Waals surface area contributed by atoms with Crippen molar-refractivity contribution >= 4 is 32.8 Å². The van der Waals surface area contributed by atoms with Gasteiger partial charge in [0.05, 0.1) is 10.5 Å². The van der Waals surface area contributed by atoms with Crippen molar-refractivity contribution < 1.29 is 27.3 Å². The zero-order valence-corrected chi connectivity index (χ0v) is 15.6. The minimum Gasteiger partial charge on any atom is -0.478 e. The number of halogens is 1. The van der Waals surface area contributed by atoms with Gasteiger partial charge >= 0.3 is 0 Å². The summed E-state index contributed by atoms with van der Waals surface area (Å²) in [5.74, 6) is -1.44. The lowest BCUT2D eigenvalue weighted by molar-refractivity contribution is -0.384. The molecule has 2 N–H and O–H groups in total. The van der Waals surface area contributed by atoms with Gasteiger partial charge in [0, 0.05) is 17.7 Å². The molecule has 0 radical (unpaired) electrons. The molecule has 8 nitrogen and oxygen atoms in total. The third kappa shape index (κ3) is 3.39. The number of nitro benzene ring substituents is 1. The Balaban J connectivity index is 2.18. The second kappa shape index (κ2) is 6.50. The molecular weight excluding hydrogens is 391 g/mol. The molecule has 0 atom stereocenters. The van der Waals surface area contributed by atoms with Crippen molar-refractivity contribution in [3.8, 4) is 0 Å². The minimum absolute atomic E-state index is 0.0451. The molecule has 2 aromatic rings. The molecule has 0 spiro atoms. The average Bonchev–Trinajstić information content (AvgIpc) is 2.83. The highest BCUT2D eigenvalue weighted by Crippen LogP contribution is 2.41. The SMILES string of the molecule is CC1(C)OC(c2ccc(S(N)(=O)=O)c(F)c2)=C(c2ccc([N+](=O)[O-])cc2)C1=O. The molecule has 0 saturated carbocycles. The first-order chi connectivity index (χ1) is 12.9. The molecule has 0 saturated heterocycles. The Kier molecular flexibility index (Phi) is 4.56. The summed E-state index contributed by atoms with van der Waals surface area (Å²) in [6.07, 6.45) is 0. The summed E-state index contributed by atoms with van der Waals surface area (Å²) in [6, 6.07) is 8.44. The lowest BCUT2D eigenvalue weighted by Gasteiger charge is -2.18. The number of hydrogen-bond donors (Lipinski definition) is 1. The van der Waals surface area contributed by atoms with Crippen LogP contribution in [0.4, 0.5) is 10.1 Å². The highest BCUT2D eigenvalue weighted by Gasteiger charge is 2.43. The number of nitrogens with zero attached hydrogens (tertiary/aromatic N) is 1. The van der Waals surface area contributed by atoms with Gasteiger partial charge in [0.1, 0.15) is 16.5 Å². The van der Waals surface area contributed by atoms with Crippen LogP contribution in [0.25, 0.3) is 11.3 Å². The third-order valence-electron chi connectivity index (χ3n) is 4.23. The highest BCUT2D eigenvalue weighted by molar-refractivity contribution is 7.89. The Morgan fingerprint density at radius 1 is 1.11 bits per heavy atom. The molecule has 146 valence electrons. The number of ketones is 1. The first-order valence-corrected chi connectivity index (χ1v) is 9.52. The normalized spacial score (nSPS) is 16.2. The van der Waals surface area contributed by atoms with Gasteiger partial charge in [0.25, 0.3) is 5.69 Å². The van der Waals surface area contributed by atoms with Crippen LogP contribution >= 0.6 is 0 Å². The lowest BCUT2D eigenvalue weighted by atomic mass is 9.92. The molecule has 2 aromatic carbocycles. The Morgan fingerprint density at radius 3 is 2.18 bits per heavy atom. The van der Waals surface area contributed by atoms with Crippen LogP contribution in [0.3, 0.4) is 0 Å². The Bertz CT molecular complexity index is 1140. The number of primary sulfonamides is 1. The number of rotatable bonds is 4. The molecule has 0 aliphatic carbocycles. The van der Waals surface area contributed by atoms with E-state index in [1.807, 2.05) is 0 Å². The van der Waals surface area contributed by atoms with E-state index < -0.39 is 37.0 Å². The first kappa shape index (κ1) is 19.6. The van der Waals surface area contributed by atoms with Gasteiger partial charge in [-0.2, -0.15) is 0 Å². The van der Waals surface area contributed by atoms with Crippen LogP contribution in [-0.2, 0) is 19.6 Å². The minimum atomic E-state index is -4.25. The number of benzene rings is 2. The molecule has 1 aliphatic heterocycles. The van der Waals surface area contributed by atoms with Gasteiger partial charge in [0.15, 0.2) is 5.60 Å². The van der Waals surface area contributed by atoms with E-state index in [9.17, 15) is 27.7 Å². The van der Waals surface area contributed by atoms with Crippen molar-refractivity contribution in [2.24, 2.45) is 5.14 Å². The molecular formula is C18H15FN2O6S. The molecule has 0 fully saturated rings. The summed E-state index contributed by atoms with van der Waals surface area (Å²) in [5, 5.41) is 15.8. The van der Waals surface area contributed by atoms with E-state index in [1.54, 1.807) is 0 Å². The predicted molar refractivity (Wildman–Crippen MR) is 97.9 cm³/mol. The van der Waals surface area contributed by atoms with Gasteiger partial charge in [-0.05, 0) is 49.7 Å². The summed E-state index contributed by atoms with van der Waals surface area (Å²) in [4.78, 5) is 22.4. The van der Waals surface area contributed by atoms with Gasteiger partial charge in [-0.15, -0.1) is 0 Å². The standard InChI is InChI=1S/C18H15FN2O6S/c1-18(2)17(22)15(10-3-6-12(7-4-10)21(23)24)16(27-18)11-5-8-14(13(19)9-11)28(20,25)26/h3-9H,1-2H3,(H2,20,25,26). The van der Waals surface area contributed by atoms with E-state index in [0.717, 1.165) is 12.1 Å². The molecule has 10 heteroatoms. The smallest absolute Gasteiger partial charge is 0.269 e. The van der Waals surface area contributed by atoms with E-state index >= 15 is 0 Å². The number of Topliss-reactive ketones (excluding diaryl/α,β-unsaturated/α-hetero) is 1. The second-order valence-electron chi connectivity index (χ2n) is 6.64. The van der Waals surface area contributed by atoms with Gasteiger partial charge in [-0.25, -0.2) is 17.9 Å². The molecule has 3 rings (SSSR count). The molecule has 0 bridgehead atoms. The van der Waals surface area contributed by atoms with Crippen molar-refractivity contribution in [1.29, 1.82) is 0 Å². The Morgan fingerprint density at radius 2 is 1.68 bits per heavy atom. The van der Waals surface area contributed by atoms with Crippen LogP contribution in [0, 0.1) is 15.9 Å². The Hall–Kier alpha value is -3.11. The number of carbonyl (C=O) groups is 1. The summed E-state index contributed by atoms with van der Waals surface area (Å²) in [7, 11) is -4.25. The van der Waals surface area contributed by atoms with Crippen LogP contribution in [0.1, 0.15) is 25.0 Å². The zero-order valence-electron chi connectivity index (χ0n) is 14.8. The van der Waals surface area contributed by atoms with Gasteiger partial charge in [-0.3, -0.25) is 14.9 Å². The summed E-state index contributed by atoms with van der Waals surface area (Å²) in [6.45, 7) is 3.06. The number of sulfonamides is 1. The van der Waals surface area contributed by atoms with Gasteiger partial charge < -0.3 is 4.74 Å². The van der Waals surface area contributed by atoms with Crippen molar-refractivity contribution in [3.05, 3.63) is 69.5 Å². The fourth-order valence-electron chi connectivity index (χ4n) is 2.84. The maximum atomic E-state index is 14.3. The molecule has 0 aromatic heterocycles. The van der Waals surface area contributed by atoms with Crippen molar-refractivity contribution in [3.63, 3.8) is 0 Å². The van der Waals surface area contributed by atoms with Gasteiger partial charge in [0.2, 0.25) is 15.8 Å². The topological polar surface area (TPSA) is 130 Å². The summed E-state index contributed by atoms with van der Waals surface area (Å²) in [5.41, 5.74) is -0.798. The molecule has 0 unspecified atom stereocenters. The fraction of sp³-hybridized carbons (Fsp3) is 0.167. The monoisotopic (exact) mass is 406 g/mol. The van der Waals surface area contributed by atoms with Crippen LogP contribution in [0.2, 0.25) is 0 Å². The summed E-state index contributed by atoms with van der Waals surface area (Å²) >= 11 is 0. The average molecular weight is 406 g/mol. The number of ether oxygens (including phenoxy) is 1. The Labute approximate surface area is 159 Å². The van der Waals surface area contributed by atoms with E-state index in [2.05, 4.69) is 0 Å². The maximum absolute atomic E-state index is 14.3. The fourth-order valence-corrected chi connectivity index (χ4v) is 3.43. The number of carbonyl (C=O) groups excluding carboxylic acids is 1. The zero-order chi connectivity index (χ0) is 20.9. The van der Waals surface area contributed by atoms with Crippen LogP contribution in [0.5, 0.6) is 0 Å². The predicted octanol–water partition coefficient (Wildman–Crippen LogP) is 2.63. The molecule has 28 heavy (non-hydrogen) atoms. The van der Waals surface area contributed by atoms with E-state index in [1.165, 1.54) is 44.2 Å². The number of nitrogens with two attached hydrogens (primary N) is 1. The van der Waals surface area contributed by atoms with E-state index in [4.69, 9.17) is 9.88 Å². The lowest BCUT2D eigenvalue weighted by Crippen LogP contribution is -2.29. The number of nitro groups is 1. The second-order valence-corrected chi connectivity index (χ2v) is 8.17. The van der Waals surface area contributed by atoms with Crippen LogP contribution in [-0.4, -0.2) is 24.7 Å². The molecule has 0 amide bonds. The highest BCUT2D eigenvalue weighted by atomic mass is 32.2. The molecule has 1 heterocycles. The largest absolute Gasteiger partial charge is 0.478 e. The number of hydrogen-bond acceptors (Lipinski definition) is 6. The van der Waals surface area contributed by atoms with Crippen molar-refractivity contribution in [2.45, 2.75) is 24.3 Å². The maximum Gasteiger partial charge on any atom is 0.269 e. The van der Waals surface area contributed by atoms with Crippen molar-refractivity contribution in [1.82, 2.24) is 0 Å². The number of non-ortho nitro benzene ring substituents is 1. The molecule has 1 aliphatic rings. The van der Waals surface area contributed by atoms with Gasteiger partial charge in [-0.1, -0.05) is 0 Å².